The molecule has 1 N–H and O–H groups in total. The Morgan fingerprint density at radius 3 is 2.40 bits per heavy atom. The van der Waals surface area contributed by atoms with E-state index in [1.807, 2.05) is 11.9 Å². The molecule has 0 radical (unpaired) electrons. The summed E-state index contributed by atoms with van der Waals surface area (Å²) in [6, 6.07) is 13.0. The highest BCUT2D eigenvalue weighted by atomic mass is 16.6. The number of likely N-dealkylation sites (N-methyl/N-ethyl adjacent to an activating group) is 1. The van der Waals surface area contributed by atoms with Crippen molar-refractivity contribution in [2.45, 2.75) is 26.8 Å². The molecule has 1 amide bonds. The molecule has 25 heavy (non-hydrogen) atoms. The summed E-state index contributed by atoms with van der Waals surface area (Å²) in [7, 11) is 1.85. The molecule has 0 heterocycles. The molecule has 0 aromatic heterocycles. The van der Waals surface area contributed by atoms with Crippen LogP contribution in [-0.2, 0) is 17.8 Å². The summed E-state index contributed by atoms with van der Waals surface area (Å²) in [6.07, 6.45) is 0.994. The number of amides is 1. The van der Waals surface area contributed by atoms with E-state index in [9.17, 15) is 14.9 Å². The van der Waals surface area contributed by atoms with Gasteiger partial charge in [-0.05, 0) is 37.1 Å². The molecule has 0 aliphatic rings. The Balaban J connectivity index is 1.99. The fourth-order valence-electron chi connectivity index (χ4n) is 2.64. The van der Waals surface area contributed by atoms with Crippen LogP contribution in [-0.4, -0.2) is 29.3 Å². The van der Waals surface area contributed by atoms with E-state index in [1.54, 1.807) is 19.1 Å². The third kappa shape index (κ3) is 5.12. The number of benzene rings is 2. The van der Waals surface area contributed by atoms with Crippen LogP contribution in [0.25, 0.3) is 0 Å². The van der Waals surface area contributed by atoms with E-state index < -0.39 is 4.92 Å². The van der Waals surface area contributed by atoms with Gasteiger partial charge in [0.2, 0.25) is 5.91 Å². The van der Waals surface area contributed by atoms with Gasteiger partial charge in [0.1, 0.15) is 5.69 Å². The van der Waals surface area contributed by atoms with Crippen molar-refractivity contribution in [3.63, 3.8) is 0 Å². The van der Waals surface area contributed by atoms with E-state index >= 15 is 0 Å². The number of rotatable bonds is 7. The fourth-order valence-corrected chi connectivity index (χ4v) is 2.64. The molecule has 2 aromatic rings. The third-order valence-electron chi connectivity index (χ3n) is 4.01. The highest BCUT2D eigenvalue weighted by Crippen LogP contribution is 2.27. The largest absolute Gasteiger partial charge is 0.319 e. The van der Waals surface area contributed by atoms with Gasteiger partial charge in [-0.25, -0.2) is 0 Å². The molecule has 2 rings (SSSR count). The molecule has 0 unspecified atom stereocenters. The van der Waals surface area contributed by atoms with E-state index in [1.165, 1.54) is 11.6 Å². The van der Waals surface area contributed by atoms with Gasteiger partial charge in [-0.1, -0.05) is 43.3 Å². The van der Waals surface area contributed by atoms with Crippen molar-refractivity contribution in [1.82, 2.24) is 4.90 Å². The van der Waals surface area contributed by atoms with Crippen molar-refractivity contribution in [2.24, 2.45) is 0 Å². The predicted molar refractivity (Wildman–Crippen MR) is 98.6 cm³/mol. The lowest BCUT2D eigenvalue weighted by Gasteiger charge is -2.17. The van der Waals surface area contributed by atoms with Gasteiger partial charge in [0.05, 0.1) is 11.5 Å². The molecule has 0 saturated heterocycles. The zero-order chi connectivity index (χ0) is 18.4. The molecule has 0 spiro atoms. The summed E-state index contributed by atoms with van der Waals surface area (Å²) in [5, 5.41) is 13.8. The van der Waals surface area contributed by atoms with Crippen LogP contribution in [0, 0.1) is 17.0 Å². The molecule has 0 atom stereocenters. The van der Waals surface area contributed by atoms with Crippen LogP contribution in [0.2, 0.25) is 0 Å². The van der Waals surface area contributed by atoms with Crippen molar-refractivity contribution >= 4 is 17.3 Å². The zero-order valence-electron chi connectivity index (χ0n) is 14.8. The van der Waals surface area contributed by atoms with Crippen molar-refractivity contribution in [2.75, 3.05) is 18.9 Å². The third-order valence-corrected chi connectivity index (χ3v) is 4.01. The number of nitro groups is 1. The van der Waals surface area contributed by atoms with E-state index in [0.29, 0.717) is 12.1 Å². The molecule has 0 bridgehead atoms. The summed E-state index contributed by atoms with van der Waals surface area (Å²) in [4.78, 5) is 24.8. The maximum atomic E-state index is 12.3. The van der Waals surface area contributed by atoms with E-state index in [4.69, 9.17) is 0 Å². The normalized spacial score (nSPS) is 10.7. The second-order valence-corrected chi connectivity index (χ2v) is 6.12. The van der Waals surface area contributed by atoms with Gasteiger partial charge in [0, 0.05) is 12.6 Å². The maximum absolute atomic E-state index is 12.3. The van der Waals surface area contributed by atoms with Gasteiger partial charge in [0.25, 0.3) is 5.69 Å². The van der Waals surface area contributed by atoms with Crippen molar-refractivity contribution in [3.8, 4) is 0 Å². The molecule has 0 saturated carbocycles. The van der Waals surface area contributed by atoms with E-state index in [-0.39, 0.29) is 23.8 Å². The first-order valence-electron chi connectivity index (χ1n) is 8.21. The van der Waals surface area contributed by atoms with Gasteiger partial charge in [-0.2, -0.15) is 0 Å². The van der Waals surface area contributed by atoms with Crippen molar-refractivity contribution in [3.05, 3.63) is 69.3 Å². The lowest BCUT2D eigenvalue weighted by molar-refractivity contribution is -0.384. The van der Waals surface area contributed by atoms with E-state index in [0.717, 1.165) is 12.0 Å². The lowest BCUT2D eigenvalue weighted by Crippen LogP contribution is -2.30. The number of carbonyl (C=O) groups excluding carboxylic acids is 1. The first kappa shape index (κ1) is 18.6. The Hall–Kier alpha value is -2.73. The minimum absolute atomic E-state index is 0.0915. The molecule has 0 aliphatic carbocycles. The van der Waals surface area contributed by atoms with Crippen LogP contribution < -0.4 is 5.32 Å². The molecule has 2 aromatic carbocycles. The molecular weight excluding hydrogens is 318 g/mol. The summed E-state index contributed by atoms with van der Waals surface area (Å²) in [5.74, 6) is -0.273. The standard InChI is InChI=1S/C19H23N3O3/c1-4-15-8-10-16(11-9-15)12-21(3)13-18(23)20-19-14(2)6-5-7-17(19)22(24)25/h5-11H,4,12-13H2,1-3H3,(H,20,23). The second-order valence-electron chi connectivity index (χ2n) is 6.12. The summed E-state index contributed by atoms with van der Waals surface area (Å²) in [6.45, 7) is 4.63. The van der Waals surface area contributed by atoms with Crippen molar-refractivity contribution in [1.29, 1.82) is 0 Å². The predicted octanol–water partition coefficient (Wildman–Crippen LogP) is 3.54. The van der Waals surface area contributed by atoms with Crippen LogP contribution in [0.3, 0.4) is 0 Å². The average Bonchev–Trinajstić information content (AvgIpc) is 2.57. The number of carbonyl (C=O) groups is 1. The Labute approximate surface area is 147 Å². The lowest BCUT2D eigenvalue weighted by atomic mass is 10.1. The molecule has 0 fully saturated rings. The SMILES string of the molecule is CCc1ccc(CN(C)CC(=O)Nc2c(C)cccc2[N+](=O)[O-])cc1. The number of anilines is 1. The summed E-state index contributed by atoms with van der Waals surface area (Å²) < 4.78 is 0. The Kier molecular flexibility index (Phi) is 6.25. The first-order valence-corrected chi connectivity index (χ1v) is 8.21. The fraction of sp³-hybridized carbons (Fsp3) is 0.316. The minimum Gasteiger partial charge on any atom is -0.319 e. The van der Waals surface area contributed by atoms with E-state index in [2.05, 4.69) is 36.5 Å². The highest BCUT2D eigenvalue weighted by Gasteiger charge is 2.18. The van der Waals surface area contributed by atoms with Crippen LogP contribution in [0.15, 0.2) is 42.5 Å². The quantitative estimate of drug-likeness (QED) is 0.617. The number of aryl methyl sites for hydroxylation is 2. The molecule has 6 heteroatoms. The van der Waals surface area contributed by atoms with Gasteiger partial charge >= 0.3 is 0 Å². The second kappa shape index (κ2) is 8.39. The average molecular weight is 341 g/mol. The Morgan fingerprint density at radius 1 is 1.16 bits per heavy atom. The molecule has 132 valence electrons. The number of nitro benzene ring substituents is 1. The van der Waals surface area contributed by atoms with Crippen LogP contribution >= 0.6 is 0 Å². The minimum atomic E-state index is -0.485. The smallest absolute Gasteiger partial charge is 0.293 e. The zero-order valence-corrected chi connectivity index (χ0v) is 14.8. The Morgan fingerprint density at radius 2 is 1.80 bits per heavy atom. The number of nitrogens with zero attached hydrogens (tertiary/aromatic N) is 2. The highest BCUT2D eigenvalue weighted by molar-refractivity contribution is 5.95. The van der Waals surface area contributed by atoms with Gasteiger partial charge in [-0.15, -0.1) is 0 Å². The van der Waals surface area contributed by atoms with Crippen LogP contribution in [0.1, 0.15) is 23.6 Å². The van der Waals surface area contributed by atoms with Gasteiger partial charge in [0.15, 0.2) is 0 Å². The van der Waals surface area contributed by atoms with Crippen molar-refractivity contribution < 1.29 is 9.72 Å². The van der Waals surface area contributed by atoms with Crippen LogP contribution in [0.5, 0.6) is 0 Å². The van der Waals surface area contributed by atoms with Gasteiger partial charge in [-0.3, -0.25) is 19.8 Å². The number of hydrogen-bond donors (Lipinski definition) is 1. The molecule has 6 nitrogen and oxygen atoms in total. The number of hydrogen-bond acceptors (Lipinski definition) is 4. The molecule has 0 aliphatic heterocycles. The number of nitrogens with one attached hydrogen (secondary N) is 1. The first-order chi connectivity index (χ1) is 11.9. The summed E-state index contributed by atoms with van der Waals surface area (Å²) >= 11 is 0. The van der Waals surface area contributed by atoms with Crippen LogP contribution in [0.4, 0.5) is 11.4 Å². The maximum Gasteiger partial charge on any atom is 0.293 e. The topological polar surface area (TPSA) is 75.5 Å². The Bertz CT molecular complexity index is 757. The number of para-hydroxylation sites is 1. The van der Waals surface area contributed by atoms with Gasteiger partial charge < -0.3 is 5.32 Å². The monoisotopic (exact) mass is 341 g/mol. The summed E-state index contributed by atoms with van der Waals surface area (Å²) in [5.41, 5.74) is 3.23. The molecular formula is C19H23N3O3.